The largest absolute Gasteiger partial charge is 0.389 e. The van der Waals surface area contributed by atoms with E-state index in [0.717, 1.165) is 6.54 Å². The maximum absolute atomic E-state index is 12.2. The van der Waals surface area contributed by atoms with Gasteiger partial charge in [0, 0.05) is 25.2 Å². The van der Waals surface area contributed by atoms with E-state index < -0.39 is 4.92 Å². The molecule has 1 N–H and O–H groups in total. The summed E-state index contributed by atoms with van der Waals surface area (Å²) in [5, 5.41) is 17.6. The highest BCUT2D eigenvalue weighted by Crippen LogP contribution is 2.11. The Morgan fingerprint density at radius 3 is 2.90 bits per heavy atom. The minimum Gasteiger partial charge on any atom is -0.358 e. The van der Waals surface area contributed by atoms with Gasteiger partial charge in [0.2, 0.25) is 5.91 Å². The van der Waals surface area contributed by atoms with E-state index in [2.05, 4.69) is 10.4 Å². The Bertz CT molecular complexity index is 492. The number of nitrogens with one attached hydrogen (secondary N) is 1. The highest BCUT2D eigenvalue weighted by Gasteiger charge is 2.28. The van der Waals surface area contributed by atoms with Gasteiger partial charge in [-0.1, -0.05) is 0 Å². The van der Waals surface area contributed by atoms with Gasteiger partial charge in [0.15, 0.2) is 0 Å². The molecule has 8 nitrogen and oxygen atoms in total. The van der Waals surface area contributed by atoms with E-state index in [0.29, 0.717) is 6.54 Å². The average molecular weight is 304 g/mol. The molecule has 0 bridgehead atoms. The Labute approximate surface area is 122 Å². The number of nitrogens with zero attached hydrogens (tertiary/aromatic N) is 4. The van der Waals surface area contributed by atoms with Crippen molar-refractivity contribution in [2.75, 3.05) is 13.1 Å². The highest BCUT2D eigenvalue weighted by atomic mass is 35.5. The summed E-state index contributed by atoms with van der Waals surface area (Å²) in [5.41, 5.74) is 0. The van der Waals surface area contributed by atoms with Gasteiger partial charge in [-0.3, -0.25) is 4.79 Å². The van der Waals surface area contributed by atoms with Crippen LogP contribution >= 0.6 is 12.4 Å². The minimum absolute atomic E-state index is 0. The molecule has 0 aliphatic carbocycles. The fourth-order valence-corrected chi connectivity index (χ4v) is 2.17. The van der Waals surface area contributed by atoms with Gasteiger partial charge in [-0.15, -0.1) is 12.4 Å². The van der Waals surface area contributed by atoms with E-state index >= 15 is 0 Å². The summed E-state index contributed by atoms with van der Waals surface area (Å²) < 4.78 is 1.31. The fraction of sp³-hybridized carbons (Fsp3) is 0.636. The number of hydrogen-bond acceptors (Lipinski definition) is 5. The molecule has 1 saturated heterocycles. The van der Waals surface area contributed by atoms with Crippen LogP contribution in [0.2, 0.25) is 0 Å². The average Bonchev–Trinajstić information content (AvgIpc) is 2.81. The van der Waals surface area contributed by atoms with Crippen molar-refractivity contribution in [3.63, 3.8) is 0 Å². The maximum Gasteiger partial charge on any atom is 0.389 e. The Morgan fingerprint density at radius 2 is 2.30 bits per heavy atom. The van der Waals surface area contributed by atoms with E-state index in [9.17, 15) is 14.9 Å². The zero-order valence-corrected chi connectivity index (χ0v) is 12.2. The molecular formula is C11H18ClN5O3. The first-order chi connectivity index (χ1) is 8.99. The summed E-state index contributed by atoms with van der Waals surface area (Å²) in [7, 11) is 0. The van der Waals surface area contributed by atoms with Gasteiger partial charge >= 0.3 is 5.82 Å². The molecule has 1 aromatic rings. The van der Waals surface area contributed by atoms with E-state index in [4.69, 9.17) is 0 Å². The highest BCUT2D eigenvalue weighted by molar-refractivity contribution is 5.85. The summed E-state index contributed by atoms with van der Waals surface area (Å²) >= 11 is 0. The van der Waals surface area contributed by atoms with Gasteiger partial charge < -0.3 is 20.3 Å². The van der Waals surface area contributed by atoms with Crippen LogP contribution in [-0.2, 0) is 11.3 Å². The zero-order chi connectivity index (χ0) is 14.0. The first kappa shape index (κ1) is 16.4. The molecule has 2 rings (SSSR count). The van der Waals surface area contributed by atoms with Crippen LogP contribution in [-0.4, -0.2) is 50.7 Å². The summed E-state index contributed by atoms with van der Waals surface area (Å²) in [6.45, 7) is 5.46. The third-order valence-corrected chi connectivity index (χ3v) is 3.47. The van der Waals surface area contributed by atoms with Gasteiger partial charge in [-0.05, 0) is 18.8 Å². The zero-order valence-electron chi connectivity index (χ0n) is 11.4. The normalized spacial score (nSPS) is 22.2. The third kappa shape index (κ3) is 3.45. The lowest BCUT2D eigenvalue weighted by molar-refractivity contribution is -0.389. The van der Waals surface area contributed by atoms with Crippen LogP contribution in [0.15, 0.2) is 12.3 Å². The van der Waals surface area contributed by atoms with Crippen molar-refractivity contribution in [3.8, 4) is 0 Å². The first-order valence-corrected chi connectivity index (χ1v) is 6.19. The van der Waals surface area contributed by atoms with E-state index in [1.54, 1.807) is 4.90 Å². The van der Waals surface area contributed by atoms with Crippen LogP contribution in [0, 0.1) is 10.1 Å². The molecule has 1 amide bonds. The molecule has 1 aliphatic heterocycles. The molecule has 0 aromatic carbocycles. The molecule has 2 unspecified atom stereocenters. The van der Waals surface area contributed by atoms with Crippen molar-refractivity contribution in [2.24, 2.45) is 0 Å². The second-order valence-corrected chi connectivity index (χ2v) is 4.70. The lowest BCUT2D eigenvalue weighted by Crippen LogP contribution is -2.57. The molecule has 1 aromatic heterocycles. The van der Waals surface area contributed by atoms with Crippen LogP contribution in [0.25, 0.3) is 0 Å². The van der Waals surface area contributed by atoms with Gasteiger partial charge in [0.25, 0.3) is 0 Å². The number of carbonyl (C=O) groups excluding carboxylic acids is 1. The molecule has 1 aliphatic rings. The summed E-state index contributed by atoms with van der Waals surface area (Å²) in [6, 6.07) is 1.63. The molecule has 0 spiro atoms. The predicted molar refractivity (Wildman–Crippen MR) is 74.8 cm³/mol. The van der Waals surface area contributed by atoms with Crippen molar-refractivity contribution in [2.45, 2.75) is 32.5 Å². The monoisotopic (exact) mass is 303 g/mol. The van der Waals surface area contributed by atoms with Gasteiger partial charge in [0.1, 0.15) is 6.54 Å². The lowest BCUT2D eigenvalue weighted by atomic mass is 10.1. The molecule has 0 saturated carbocycles. The standard InChI is InChI=1S/C11H17N5O3.ClH/c1-8-9(2)15(6-4-12-8)11(17)7-14-5-3-10(13-14)16(18)19;/h3,5,8-9,12H,4,6-7H2,1-2H3;1H. The number of piperazine rings is 1. The van der Waals surface area contributed by atoms with Crippen molar-refractivity contribution in [1.82, 2.24) is 20.0 Å². The maximum atomic E-state index is 12.2. The van der Waals surface area contributed by atoms with Gasteiger partial charge in [-0.25, -0.2) is 0 Å². The van der Waals surface area contributed by atoms with Crippen molar-refractivity contribution in [3.05, 3.63) is 22.4 Å². The van der Waals surface area contributed by atoms with Crippen LogP contribution in [0.5, 0.6) is 0 Å². The number of carbonyl (C=O) groups is 1. The molecule has 2 heterocycles. The van der Waals surface area contributed by atoms with Crippen LogP contribution in [0.3, 0.4) is 0 Å². The fourth-order valence-electron chi connectivity index (χ4n) is 2.17. The summed E-state index contributed by atoms with van der Waals surface area (Å²) in [4.78, 5) is 23.9. The van der Waals surface area contributed by atoms with Crippen molar-refractivity contribution >= 4 is 24.1 Å². The first-order valence-electron chi connectivity index (χ1n) is 6.19. The Kier molecular flexibility index (Phi) is 5.46. The quantitative estimate of drug-likeness (QED) is 0.645. The lowest BCUT2D eigenvalue weighted by Gasteiger charge is -2.38. The SMILES string of the molecule is CC1NCCN(C(=O)Cn2ccc([N+](=O)[O-])n2)C1C.Cl. The van der Waals surface area contributed by atoms with E-state index in [1.165, 1.54) is 16.9 Å². The molecular weight excluding hydrogens is 286 g/mol. The second-order valence-electron chi connectivity index (χ2n) is 4.70. The van der Waals surface area contributed by atoms with Gasteiger partial charge in [0.05, 0.1) is 17.4 Å². The Morgan fingerprint density at radius 1 is 1.60 bits per heavy atom. The third-order valence-electron chi connectivity index (χ3n) is 3.47. The molecule has 9 heteroatoms. The minimum atomic E-state index is -0.573. The molecule has 20 heavy (non-hydrogen) atoms. The smallest absolute Gasteiger partial charge is 0.358 e. The number of hydrogen-bond donors (Lipinski definition) is 1. The molecule has 112 valence electrons. The Balaban J connectivity index is 0.00000200. The van der Waals surface area contributed by atoms with Crippen molar-refractivity contribution < 1.29 is 9.72 Å². The van der Waals surface area contributed by atoms with Gasteiger partial charge in [-0.2, -0.15) is 4.68 Å². The van der Waals surface area contributed by atoms with Crippen LogP contribution in [0.4, 0.5) is 5.82 Å². The topological polar surface area (TPSA) is 93.3 Å². The number of halogens is 1. The van der Waals surface area contributed by atoms with Crippen LogP contribution in [0.1, 0.15) is 13.8 Å². The van der Waals surface area contributed by atoms with E-state index in [1.807, 2.05) is 13.8 Å². The number of aromatic nitrogens is 2. The van der Waals surface area contributed by atoms with Crippen molar-refractivity contribution in [1.29, 1.82) is 0 Å². The molecule has 0 radical (unpaired) electrons. The number of nitro groups is 1. The number of rotatable bonds is 3. The summed E-state index contributed by atoms with van der Waals surface area (Å²) in [6.07, 6.45) is 1.45. The molecule has 1 fully saturated rings. The van der Waals surface area contributed by atoms with E-state index in [-0.39, 0.29) is 42.8 Å². The molecule has 2 atom stereocenters. The summed E-state index contributed by atoms with van der Waals surface area (Å²) in [5.74, 6) is -0.312. The Hall–Kier alpha value is -1.67. The second kappa shape index (κ2) is 6.67. The predicted octanol–water partition coefficient (Wildman–Crippen LogP) is 0.422. The number of amides is 1. The van der Waals surface area contributed by atoms with Crippen LogP contribution < -0.4 is 5.32 Å².